The predicted octanol–water partition coefficient (Wildman–Crippen LogP) is 15.9. The van der Waals surface area contributed by atoms with Crippen LogP contribution in [0, 0.1) is 49.4 Å². The average molecular weight is 2110 g/mol. The summed E-state index contributed by atoms with van der Waals surface area (Å²) < 4.78 is 5.67. The first-order valence-corrected chi connectivity index (χ1v) is 38.5. The summed E-state index contributed by atoms with van der Waals surface area (Å²) in [6.45, 7) is 0. The van der Waals surface area contributed by atoms with Crippen LogP contribution in [0.3, 0.4) is 0 Å². The van der Waals surface area contributed by atoms with Crippen LogP contribution in [-0.2, 0) is 95.9 Å². The van der Waals surface area contributed by atoms with E-state index in [-0.39, 0.29) is 89.5 Å². The SMILES string of the molecule is [Au+].[Au+].[Au+].[Au+].[C-]#Cc1ccc2c(c1)-c1cc(C#[C-])ccc1C2.[C-]#Cc1ccc2oc3ccc(C#[C-])cc3c2c1.c1ccc([PH+](c2ccccc2)c2ccccc2[PH+](c2ccccc2)c2ccccc2)cc1.c1ccc([PH+](c2ccccc2)c2ccccc2[PH+](c2ccccc2)c2ccccc2)cc1. The molecule has 0 saturated carbocycles. The summed E-state index contributed by atoms with van der Waals surface area (Å²) in [6.07, 6.45) is 29.6. The first-order chi connectivity index (χ1) is 48.5. The van der Waals surface area contributed by atoms with Gasteiger partial charge in [0.05, 0.1) is 0 Å². The summed E-state index contributed by atoms with van der Waals surface area (Å²) in [5.41, 5.74) is 9.45. The van der Waals surface area contributed by atoms with Crippen LogP contribution in [-0.4, -0.2) is 0 Å². The van der Waals surface area contributed by atoms with Crippen LogP contribution in [0.5, 0.6) is 0 Å². The zero-order valence-electron chi connectivity index (χ0n) is 55.0. The number of furan rings is 1. The van der Waals surface area contributed by atoms with E-state index in [1.54, 1.807) is 12.1 Å². The molecule has 0 fully saturated rings. The van der Waals surface area contributed by atoms with Gasteiger partial charge >= 0.3 is 89.5 Å². The van der Waals surface area contributed by atoms with Gasteiger partial charge in [-0.3, -0.25) is 23.7 Å². The summed E-state index contributed by atoms with van der Waals surface area (Å²) in [6, 6.07) is 130. The molecule has 9 heteroatoms. The molecule has 0 aliphatic heterocycles. The molecule has 1 aromatic heterocycles. The molecule has 0 unspecified atom stereocenters. The van der Waals surface area contributed by atoms with Gasteiger partial charge in [-0.05, 0) is 162 Å². The van der Waals surface area contributed by atoms with E-state index in [4.69, 9.17) is 30.1 Å². The quantitative estimate of drug-likeness (QED) is 0.0514. The fourth-order valence-corrected chi connectivity index (χ4v) is 24.8. The molecule has 102 heavy (non-hydrogen) atoms. The molecular weight excluding hydrogens is 2040 g/mol. The summed E-state index contributed by atoms with van der Waals surface area (Å²) in [4.78, 5) is 0. The third-order valence-corrected chi connectivity index (χ3v) is 29.1. The molecule has 14 aromatic carbocycles. The Bertz CT molecular complexity index is 4670. The second kappa shape index (κ2) is 38.9. The largest absolute Gasteiger partial charge is 1.00 e. The molecule has 0 amide bonds. The van der Waals surface area contributed by atoms with Gasteiger partial charge in [0, 0.05) is 10.8 Å². The molecule has 1 aliphatic rings. The van der Waals surface area contributed by atoms with Crippen LogP contribution in [0.2, 0.25) is 0 Å². The smallest absolute Gasteiger partial charge is 0.456 e. The standard InChI is InChI=1S/2C30H24P2.C17H8.C16H6O.4Au/c2*1-5-15-25(16-6-1)31(26-17-7-2-8-18-26)29-23-13-14-24-30(29)32(27-19-9-3-10-20-27)28-21-11-4-12-22-28;1-3-12-5-7-14-11-15-8-6-13(4-2)10-17(15)16(14)9-12;1-3-11-5-7-15-13(9-11)14-10-12(4-2)6-8-16(14)17-15;;;;/h2*1-24H;5-10H,11H2;5-10H;;;;/q;;2*-2;4*+1/p+4. The number of hydrogen-bond acceptors (Lipinski definition) is 1. The van der Waals surface area contributed by atoms with Crippen molar-refractivity contribution in [3.05, 3.63) is 423 Å². The molecule has 1 nitrogen and oxygen atoms in total. The van der Waals surface area contributed by atoms with E-state index >= 15 is 0 Å². The van der Waals surface area contributed by atoms with Crippen molar-refractivity contribution in [1.29, 1.82) is 0 Å². The van der Waals surface area contributed by atoms with E-state index < -0.39 is 31.7 Å². The number of rotatable bonds is 12. The zero-order valence-corrected chi connectivity index (χ0v) is 67.6. The Labute approximate surface area is 668 Å². The van der Waals surface area contributed by atoms with Crippen molar-refractivity contribution < 1.29 is 93.9 Å². The molecule has 0 atom stereocenters. The van der Waals surface area contributed by atoms with Gasteiger partial charge in [-0.15, -0.1) is 70.8 Å². The minimum Gasteiger partial charge on any atom is -0.456 e. The maximum absolute atomic E-state index is 7.18. The molecule has 0 bridgehead atoms. The van der Waals surface area contributed by atoms with Crippen molar-refractivity contribution >= 4 is 117 Å². The van der Waals surface area contributed by atoms with Crippen molar-refractivity contribution in [3.8, 4) is 34.8 Å². The number of fused-ring (bicyclic) bond motifs is 6. The van der Waals surface area contributed by atoms with Crippen molar-refractivity contribution in [2.45, 2.75) is 6.42 Å². The van der Waals surface area contributed by atoms with Crippen molar-refractivity contribution in [2.24, 2.45) is 0 Å². The minimum atomic E-state index is -1.14. The number of hydrogen-bond donors (Lipinski definition) is 0. The maximum Gasteiger partial charge on any atom is 1.00 e. The molecule has 1 heterocycles. The Hall–Kier alpha value is -8.20. The van der Waals surface area contributed by atoms with Gasteiger partial charge in [-0.2, -0.15) is 0 Å². The Balaban J connectivity index is 0.000000162. The van der Waals surface area contributed by atoms with Gasteiger partial charge in [0.15, 0.2) is 0 Å². The Morgan fingerprint density at radius 2 is 0.422 bits per heavy atom. The fourth-order valence-electron chi connectivity index (χ4n) is 12.8. The third-order valence-electron chi connectivity index (χ3n) is 17.4. The molecule has 0 radical (unpaired) electrons. The maximum atomic E-state index is 7.18. The molecule has 0 spiro atoms. The summed E-state index contributed by atoms with van der Waals surface area (Å²) in [5, 5.41) is 19.3. The minimum absolute atomic E-state index is 0. The van der Waals surface area contributed by atoms with E-state index in [0.29, 0.717) is 11.1 Å². The predicted molar refractivity (Wildman–Crippen MR) is 427 cm³/mol. The average Bonchev–Trinajstić information content (AvgIpc) is 1.19. The molecule has 504 valence electrons. The second-order valence-electron chi connectivity index (χ2n) is 23.5. The van der Waals surface area contributed by atoms with E-state index in [0.717, 1.165) is 50.6 Å². The number of benzene rings is 14. The topological polar surface area (TPSA) is 13.1 Å². The molecule has 15 aromatic rings. The van der Waals surface area contributed by atoms with E-state index in [9.17, 15) is 0 Å². The van der Waals surface area contributed by atoms with Gasteiger partial charge in [0.25, 0.3) is 0 Å². The molecule has 0 saturated heterocycles. The van der Waals surface area contributed by atoms with E-state index in [2.05, 4.69) is 327 Å². The monoisotopic (exact) mass is 2110 g/mol. The summed E-state index contributed by atoms with van der Waals surface area (Å²) in [5.74, 6) is 9.54. The first-order valence-electron chi connectivity index (χ1n) is 32.5. The Morgan fingerprint density at radius 1 is 0.225 bits per heavy atom. The van der Waals surface area contributed by atoms with Gasteiger partial charge in [-0.1, -0.05) is 182 Å². The normalized spacial score (nSPS) is 10.5. The molecular formula is C93H66Au4OP4+4. The molecule has 0 N–H and O–H groups in total. The summed E-state index contributed by atoms with van der Waals surface area (Å²) >= 11 is 0. The fraction of sp³-hybridized carbons (Fsp3) is 0.0108. The van der Waals surface area contributed by atoms with Crippen LogP contribution >= 0.6 is 31.7 Å². The zero-order chi connectivity index (χ0) is 66.8. The van der Waals surface area contributed by atoms with Crippen molar-refractivity contribution in [1.82, 2.24) is 0 Å². The second-order valence-corrected chi connectivity index (χ2v) is 33.2. The van der Waals surface area contributed by atoms with Gasteiger partial charge in [0.1, 0.15) is 107 Å². The van der Waals surface area contributed by atoms with Crippen molar-refractivity contribution in [2.75, 3.05) is 0 Å². The van der Waals surface area contributed by atoms with Crippen LogP contribution in [0.4, 0.5) is 0 Å². The van der Waals surface area contributed by atoms with Crippen LogP contribution in [0.15, 0.2) is 368 Å². The van der Waals surface area contributed by atoms with Gasteiger partial charge < -0.3 is 30.1 Å². The molecule has 1 aliphatic carbocycles. The van der Waals surface area contributed by atoms with E-state index in [1.807, 2.05) is 48.5 Å². The van der Waals surface area contributed by atoms with Crippen LogP contribution < -0.4 is 63.7 Å². The van der Waals surface area contributed by atoms with Gasteiger partial charge in [0.2, 0.25) is 0 Å². The van der Waals surface area contributed by atoms with Crippen LogP contribution in [0.25, 0.3) is 33.1 Å². The van der Waals surface area contributed by atoms with E-state index in [1.165, 1.54) is 74.8 Å². The Kier molecular flexibility index (Phi) is 29.7. The third kappa shape index (κ3) is 18.6. The van der Waals surface area contributed by atoms with Gasteiger partial charge in [-0.25, -0.2) is 0 Å². The Morgan fingerprint density at radius 3 is 0.637 bits per heavy atom. The summed E-state index contributed by atoms with van der Waals surface area (Å²) in [7, 11) is -4.56. The van der Waals surface area contributed by atoms with Crippen molar-refractivity contribution in [3.63, 3.8) is 0 Å². The van der Waals surface area contributed by atoms with Crippen LogP contribution in [0.1, 0.15) is 33.4 Å². The first kappa shape index (κ1) is 77.9. The molecule has 16 rings (SSSR count).